The number of methoxy groups -OCH3 is 1. The molecule has 124 valence electrons. The van der Waals surface area contributed by atoms with Crippen LogP contribution in [0.4, 0.5) is 0 Å². The molecule has 3 heterocycles. The number of aryl methyl sites for hydroxylation is 1. The Morgan fingerprint density at radius 1 is 1.16 bits per heavy atom. The van der Waals surface area contributed by atoms with E-state index in [2.05, 4.69) is 20.1 Å². The molecule has 1 aromatic carbocycles. The van der Waals surface area contributed by atoms with Gasteiger partial charge in [-0.05, 0) is 36.4 Å². The van der Waals surface area contributed by atoms with Gasteiger partial charge in [-0.3, -0.25) is 9.78 Å². The highest BCUT2D eigenvalue weighted by Crippen LogP contribution is 2.28. The number of hydrogen-bond acceptors (Lipinski definition) is 6. The van der Waals surface area contributed by atoms with Crippen LogP contribution in [-0.4, -0.2) is 27.2 Å². The first-order valence-electron chi connectivity index (χ1n) is 7.63. The molecule has 0 aliphatic heterocycles. The lowest BCUT2D eigenvalue weighted by Gasteiger charge is -2.07. The van der Waals surface area contributed by atoms with Crippen LogP contribution >= 0.6 is 0 Å². The fraction of sp³-hybridized carbons (Fsp3) is 0.111. The molecule has 0 saturated carbocycles. The Labute approximate surface area is 142 Å². The van der Waals surface area contributed by atoms with Crippen molar-refractivity contribution in [2.75, 3.05) is 7.11 Å². The predicted octanol–water partition coefficient (Wildman–Crippen LogP) is 2.96. The topological polar surface area (TPSA) is 93.9 Å². The van der Waals surface area contributed by atoms with Gasteiger partial charge >= 0.3 is 0 Å². The number of nitrogens with one attached hydrogen (secondary N) is 1. The van der Waals surface area contributed by atoms with E-state index in [1.54, 1.807) is 32.4 Å². The quantitative estimate of drug-likeness (QED) is 0.619. The van der Waals surface area contributed by atoms with Crippen molar-refractivity contribution in [1.29, 1.82) is 0 Å². The molecule has 4 rings (SSSR count). The summed E-state index contributed by atoms with van der Waals surface area (Å²) in [6.07, 6.45) is 1.66. The number of aromatic nitrogens is 4. The Kier molecular flexibility index (Phi) is 3.53. The van der Waals surface area contributed by atoms with Crippen molar-refractivity contribution < 1.29 is 9.26 Å². The smallest absolute Gasteiger partial charge is 0.259 e. The van der Waals surface area contributed by atoms with E-state index in [0.29, 0.717) is 17.0 Å². The van der Waals surface area contributed by atoms with Crippen LogP contribution < -0.4 is 10.3 Å². The molecule has 0 aliphatic rings. The van der Waals surface area contributed by atoms with Gasteiger partial charge in [0.2, 0.25) is 11.7 Å². The molecule has 0 fully saturated rings. The minimum Gasteiger partial charge on any atom is -0.497 e. The van der Waals surface area contributed by atoms with Gasteiger partial charge in [0.15, 0.2) is 0 Å². The maximum atomic E-state index is 12.4. The summed E-state index contributed by atoms with van der Waals surface area (Å²) in [5, 5.41) is 4.63. The van der Waals surface area contributed by atoms with Gasteiger partial charge in [-0.25, -0.2) is 0 Å². The Morgan fingerprint density at radius 2 is 1.96 bits per heavy atom. The van der Waals surface area contributed by atoms with Gasteiger partial charge in [-0.1, -0.05) is 5.16 Å². The number of H-pyrrole nitrogens is 1. The zero-order chi connectivity index (χ0) is 17.4. The Hall–Kier alpha value is -3.48. The average Bonchev–Trinajstić information content (AvgIpc) is 3.07. The van der Waals surface area contributed by atoms with Gasteiger partial charge in [0, 0.05) is 24.1 Å². The number of rotatable bonds is 3. The van der Waals surface area contributed by atoms with E-state index in [9.17, 15) is 4.79 Å². The van der Waals surface area contributed by atoms with Crippen molar-refractivity contribution in [2.45, 2.75) is 6.92 Å². The summed E-state index contributed by atoms with van der Waals surface area (Å²) in [6, 6.07) is 11.1. The molecule has 7 heteroatoms. The third-order valence-electron chi connectivity index (χ3n) is 3.90. The zero-order valence-electron chi connectivity index (χ0n) is 13.6. The normalized spacial score (nSPS) is 11.0. The zero-order valence-corrected chi connectivity index (χ0v) is 13.6. The molecule has 3 aromatic heterocycles. The van der Waals surface area contributed by atoms with Crippen LogP contribution in [0.25, 0.3) is 33.5 Å². The largest absolute Gasteiger partial charge is 0.497 e. The van der Waals surface area contributed by atoms with E-state index in [4.69, 9.17) is 9.26 Å². The fourth-order valence-corrected chi connectivity index (χ4v) is 2.68. The summed E-state index contributed by atoms with van der Waals surface area (Å²) < 4.78 is 10.2. The van der Waals surface area contributed by atoms with E-state index in [0.717, 1.165) is 22.4 Å². The van der Waals surface area contributed by atoms with Gasteiger partial charge < -0.3 is 14.2 Å². The third-order valence-corrected chi connectivity index (χ3v) is 3.90. The molecule has 4 aromatic rings. The minimum absolute atomic E-state index is 0.255. The Morgan fingerprint density at radius 3 is 2.64 bits per heavy atom. The molecule has 0 radical (unpaired) electrons. The first-order valence-corrected chi connectivity index (χ1v) is 7.63. The molecule has 0 amide bonds. The lowest BCUT2D eigenvalue weighted by molar-refractivity contribution is 0.394. The van der Waals surface area contributed by atoms with Crippen molar-refractivity contribution in [3.8, 4) is 28.4 Å². The summed E-state index contributed by atoms with van der Waals surface area (Å²) >= 11 is 0. The number of ether oxygens (including phenoxy) is 1. The average molecular weight is 334 g/mol. The summed E-state index contributed by atoms with van der Waals surface area (Å²) in [4.78, 5) is 23.8. The molecule has 0 aliphatic carbocycles. The first-order chi connectivity index (χ1) is 12.2. The van der Waals surface area contributed by atoms with Gasteiger partial charge in [-0.2, -0.15) is 4.98 Å². The van der Waals surface area contributed by atoms with Crippen LogP contribution in [0.3, 0.4) is 0 Å². The molecule has 0 bridgehead atoms. The van der Waals surface area contributed by atoms with Crippen molar-refractivity contribution >= 4 is 10.9 Å². The number of aromatic amines is 1. The van der Waals surface area contributed by atoms with Crippen molar-refractivity contribution in [2.24, 2.45) is 0 Å². The number of hydrogen-bond donors (Lipinski definition) is 1. The Bertz CT molecular complexity index is 1110. The van der Waals surface area contributed by atoms with Gasteiger partial charge in [0.05, 0.1) is 23.9 Å². The highest BCUT2D eigenvalue weighted by atomic mass is 16.5. The van der Waals surface area contributed by atoms with Gasteiger partial charge in [-0.15, -0.1) is 0 Å². The monoisotopic (exact) mass is 334 g/mol. The molecular weight excluding hydrogens is 320 g/mol. The van der Waals surface area contributed by atoms with Crippen LogP contribution in [0.15, 0.2) is 51.9 Å². The number of pyridine rings is 2. The Balaban J connectivity index is 1.94. The predicted molar refractivity (Wildman–Crippen MR) is 92.4 cm³/mol. The lowest BCUT2D eigenvalue weighted by Crippen LogP contribution is -2.10. The van der Waals surface area contributed by atoms with E-state index in [-0.39, 0.29) is 11.4 Å². The molecule has 0 saturated heterocycles. The van der Waals surface area contributed by atoms with E-state index < -0.39 is 0 Å². The lowest BCUT2D eigenvalue weighted by atomic mass is 10.0. The molecule has 25 heavy (non-hydrogen) atoms. The second kappa shape index (κ2) is 5.86. The standard InChI is InChI=1S/C18H14N4O3/c1-10-20-17(22-25-10)14-9-13-15(21-18(14)23)7-8-19-16(13)11-3-5-12(24-2)6-4-11/h3-9H,1-2H3,(H,21,23). The van der Waals surface area contributed by atoms with Gasteiger partial charge in [0.25, 0.3) is 5.56 Å². The molecule has 0 spiro atoms. The summed E-state index contributed by atoms with van der Waals surface area (Å²) in [6.45, 7) is 1.68. The maximum Gasteiger partial charge on any atom is 0.259 e. The molecule has 1 N–H and O–H groups in total. The van der Waals surface area contributed by atoms with Crippen LogP contribution in [0.2, 0.25) is 0 Å². The molecule has 7 nitrogen and oxygen atoms in total. The molecule has 0 unspecified atom stereocenters. The van der Waals surface area contributed by atoms with Crippen LogP contribution in [0.5, 0.6) is 5.75 Å². The van der Waals surface area contributed by atoms with Crippen molar-refractivity contribution in [3.63, 3.8) is 0 Å². The highest BCUT2D eigenvalue weighted by molar-refractivity contribution is 5.94. The van der Waals surface area contributed by atoms with E-state index in [1.165, 1.54) is 0 Å². The number of benzene rings is 1. The SMILES string of the molecule is COc1ccc(-c2nccc3[nH]c(=O)c(-c4noc(C)n4)cc23)cc1. The summed E-state index contributed by atoms with van der Waals surface area (Å²) in [7, 11) is 1.62. The van der Waals surface area contributed by atoms with Crippen LogP contribution in [0.1, 0.15) is 5.89 Å². The first kappa shape index (κ1) is 15.1. The highest BCUT2D eigenvalue weighted by Gasteiger charge is 2.14. The molecule has 0 atom stereocenters. The van der Waals surface area contributed by atoms with Crippen molar-refractivity contribution in [1.82, 2.24) is 20.1 Å². The van der Waals surface area contributed by atoms with Crippen LogP contribution in [-0.2, 0) is 0 Å². The van der Waals surface area contributed by atoms with Crippen molar-refractivity contribution in [3.05, 3.63) is 58.8 Å². The second-order valence-corrected chi connectivity index (χ2v) is 5.50. The summed E-state index contributed by atoms with van der Waals surface area (Å²) in [5.41, 5.74) is 2.41. The second-order valence-electron chi connectivity index (χ2n) is 5.50. The van der Waals surface area contributed by atoms with Gasteiger partial charge in [0.1, 0.15) is 5.75 Å². The van der Waals surface area contributed by atoms with Crippen LogP contribution in [0, 0.1) is 6.92 Å². The fourth-order valence-electron chi connectivity index (χ4n) is 2.68. The third kappa shape index (κ3) is 2.65. The van der Waals surface area contributed by atoms with E-state index >= 15 is 0 Å². The number of fused-ring (bicyclic) bond motifs is 1. The van der Waals surface area contributed by atoms with E-state index in [1.807, 2.05) is 24.3 Å². The molecular formula is C18H14N4O3. The minimum atomic E-state index is -0.278. The maximum absolute atomic E-state index is 12.4. The summed E-state index contributed by atoms with van der Waals surface area (Å²) in [5.74, 6) is 1.42. The number of nitrogens with zero attached hydrogens (tertiary/aromatic N) is 3.